The maximum absolute atomic E-state index is 12.5. The van der Waals surface area contributed by atoms with Gasteiger partial charge >= 0.3 is 5.97 Å². The van der Waals surface area contributed by atoms with Crippen molar-refractivity contribution in [2.45, 2.75) is 18.7 Å². The van der Waals surface area contributed by atoms with E-state index in [1.807, 2.05) is 12.1 Å². The highest BCUT2D eigenvalue weighted by molar-refractivity contribution is 14.1. The van der Waals surface area contributed by atoms with Gasteiger partial charge < -0.3 is 10.1 Å². The average molecular weight is 542 g/mol. The number of halogens is 1. The van der Waals surface area contributed by atoms with E-state index in [9.17, 15) is 18.0 Å². The van der Waals surface area contributed by atoms with Gasteiger partial charge in [0.05, 0.1) is 4.90 Å². The molecule has 0 aliphatic heterocycles. The van der Waals surface area contributed by atoms with Gasteiger partial charge in [-0.25, -0.2) is 13.2 Å². The van der Waals surface area contributed by atoms with Crippen molar-refractivity contribution in [3.8, 4) is 0 Å². The van der Waals surface area contributed by atoms with E-state index in [0.29, 0.717) is 24.3 Å². The van der Waals surface area contributed by atoms with Gasteiger partial charge in [0.2, 0.25) is 10.0 Å². The van der Waals surface area contributed by atoms with Crippen LogP contribution in [0.5, 0.6) is 0 Å². The molecule has 1 amide bonds. The molecule has 0 atom stereocenters. The van der Waals surface area contributed by atoms with Crippen molar-refractivity contribution in [3.05, 3.63) is 63.7 Å². The van der Waals surface area contributed by atoms with Gasteiger partial charge in [-0.2, -0.15) is 4.31 Å². The second kappa shape index (κ2) is 11.2. The summed E-state index contributed by atoms with van der Waals surface area (Å²) in [6.45, 7) is 3.94. The minimum atomic E-state index is -3.52. The number of nitrogens with one attached hydrogen (secondary N) is 1. The zero-order valence-electron chi connectivity index (χ0n) is 16.7. The molecule has 0 unspecified atom stereocenters. The average Bonchev–Trinajstić information content (AvgIpc) is 2.73. The van der Waals surface area contributed by atoms with E-state index >= 15 is 0 Å². The quantitative estimate of drug-likeness (QED) is 0.298. The Kier molecular flexibility index (Phi) is 9.00. The van der Waals surface area contributed by atoms with Crippen LogP contribution in [-0.2, 0) is 24.3 Å². The van der Waals surface area contributed by atoms with Gasteiger partial charge in [-0.05, 0) is 70.6 Å². The predicted molar refractivity (Wildman–Crippen MR) is 124 cm³/mol. The summed E-state index contributed by atoms with van der Waals surface area (Å²) in [5.74, 6) is -1.11. The van der Waals surface area contributed by atoms with Crippen LogP contribution in [0.2, 0.25) is 0 Å². The number of anilines is 1. The highest BCUT2D eigenvalue weighted by Crippen LogP contribution is 2.17. The number of rotatable bonds is 9. The zero-order valence-corrected chi connectivity index (χ0v) is 19.6. The molecule has 0 aliphatic rings. The SMILES string of the molecule is CCN(CC)S(=O)(=O)c1ccc(/C=C/C(=O)OCC(=O)Nc2ccc(I)cc2)cc1. The third-order valence-electron chi connectivity index (χ3n) is 4.11. The first-order valence-electron chi connectivity index (χ1n) is 9.26. The van der Waals surface area contributed by atoms with E-state index in [4.69, 9.17) is 4.74 Å². The minimum absolute atomic E-state index is 0.193. The molecular formula is C21H23IN2O5S. The highest BCUT2D eigenvalue weighted by atomic mass is 127. The normalized spacial score (nSPS) is 11.6. The van der Waals surface area contributed by atoms with Crippen molar-refractivity contribution in [1.82, 2.24) is 4.31 Å². The van der Waals surface area contributed by atoms with E-state index in [0.717, 1.165) is 3.57 Å². The Labute approximate surface area is 190 Å². The summed E-state index contributed by atoms with van der Waals surface area (Å²) in [5.41, 5.74) is 1.25. The molecule has 7 nitrogen and oxygen atoms in total. The van der Waals surface area contributed by atoms with Crippen molar-refractivity contribution >= 4 is 56.3 Å². The van der Waals surface area contributed by atoms with Gasteiger partial charge in [-0.1, -0.05) is 26.0 Å². The maximum Gasteiger partial charge on any atom is 0.331 e. The molecule has 0 fully saturated rings. The lowest BCUT2D eigenvalue weighted by Gasteiger charge is -2.18. The molecular weight excluding hydrogens is 519 g/mol. The van der Waals surface area contributed by atoms with Gasteiger partial charge in [-0.15, -0.1) is 0 Å². The second-order valence-electron chi connectivity index (χ2n) is 6.15. The summed E-state index contributed by atoms with van der Waals surface area (Å²) in [6, 6.07) is 13.4. The van der Waals surface area contributed by atoms with E-state index in [1.54, 1.807) is 38.1 Å². The first-order chi connectivity index (χ1) is 14.3. The van der Waals surface area contributed by atoms with E-state index < -0.39 is 28.5 Å². The van der Waals surface area contributed by atoms with E-state index in [1.165, 1.54) is 28.6 Å². The Morgan fingerprint density at radius 2 is 1.63 bits per heavy atom. The topological polar surface area (TPSA) is 92.8 Å². The van der Waals surface area contributed by atoms with E-state index in [-0.39, 0.29) is 4.90 Å². The number of amides is 1. The zero-order chi connectivity index (χ0) is 22.1. The molecule has 160 valence electrons. The largest absolute Gasteiger partial charge is 0.452 e. The van der Waals surface area contributed by atoms with Gasteiger partial charge in [0.25, 0.3) is 5.91 Å². The number of esters is 1. The van der Waals surface area contributed by atoms with Crippen molar-refractivity contribution < 1.29 is 22.7 Å². The van der Waals surface area contributed by atoms with E-state index in [2.05, 4.69) is 27.9 Å². The molecule has 2 aromatic rings. The Morgan fingerprint density at radius 1 is 1.03 bits per heavy atom. The molecule has 30 heavy (non-hydrogen) atoms. The number of sulfonamides is 1. The van der Waals surface area contributed by atoms with Gasteiger partial charge in [0.1, 0.15) is 0 Å². The number of hydrogen-bond donors (Lipinski definition) is 1. The van der Waals surface area contributed by atoms with Gasteiger partial charge in [0.15, 0.2) is 6.61 Å². The first-order valence-corrected chi connectivity index (χ1v) is 11.8. The summed E-state index contributed by atoms with van der Waals surface area (Å²) in [5, 5.41) is 2.63. The van der Waals surface area contributed by atoms with Crippen LogP contribution >= 0.6 is 22.6 Å². The second-order valence-corrected chi connectivity index (χ2v) is 9.34. The molecule has 0 saturated heterocycles. The summed E-state index contributed by atoms with van der Waals surface area (Å²) in [6.07, 6.45) is 2.68. The van der Waals surface area contributed by atoms with Crippen LogP contribution in [0.15, 0.2) is 59.5 Å². The van der Waals surface area contributed by atoms with Crippen molar-refractivity contribution in [2.75, 3.05) is 25.0 Å². The number of ether oxygens (including phenoxy) is 1. The molecule has 0 saturated carbocycles. The van der Waals surface area contributed by atoms with Gasteiger partial charge in [-0.3, -0.25) is 4.79 Å². The molecule has 0 aromatic heterocycles. The fourth-order valence-corrected chi connectivity index (χ4v) is 4.36. The lowest BCUT2D eigenvalue weighted by atomic mass is 10.2. The number of nitrogens with zero attached hydrogens (tertiary/aromatic N) is 1. The standard InChI is InChI=1S/C21H23IN2O5S/c1-3-24(4-2)30(27,28)19-12-5-16(6-13-19)7-14-21(26)29-15-20(25)23-18-10-8-17(22)9-11-18/h5-14H,3-4,15H2,1-2H3,(H,23,25)/b14-7+. The van der Waals surface area contributed by atoms with Crippen LogP contribution in [0.4, 0.5) is 5.69 Å². The molecule has 0 radical (unpaired) electrons. The fraction of sp³-hybridized carbons (Fsp3) is 0.238. The minimum Gasteiger partial charge on any atom is -0.452 e. The monoisotopic (exact) mass is 542 g/mol. The lowest BCUT2D eigenvalue weighted by Crippen LogP contribution is -2.30. The predicted octanol–water partition coefficient (Wildman–Crippen LogP) is 3.52. The van der Waals surface area contributed by atoms with Crippen LogP contribution in [-0.4, -0.2) is 44.3 Å². The van der Waals surface area contributed by atoms with Crippen LogP contribution < -0.4 is 5.32 Å². The van der Waals surface area contributed by atoms with Crippen LogP contribution in [0.25, 0.3) is 6.08 Å². The highest BCUT2D eigenvalue weighted by Gasteiger charge is 2.20. The van der Waals surface area contributed by atoms with Crippen molar-refractivity contribution in [2.24, 2.45) is 0 Å². The van der Waals surface area contributed by atoms with Crippen molar-refractivity contribution in [3.63, 3.8) is 0 Å². The number of carbonyl (C=O) groups is 2. The molecule has 2 rings (SSSR count). The summed E-state index contributed by atoms with van der Waals surface area (Å²) in [7, 11) is -3.52. The van der Waals surface area contributed by atoms with Crippen LogP contribution in [0.3, 0.4) is 0 Å². The Morgan fingerprint density at radius 3 is 2.20 bits per heavy atom. The molecule has 0 heterocycles. The van der Waals surface area contributed by atoms with Crippen LogP contribution in [0.1, 0.15) is 19.4 Å². The summed E-state index contributed by atoms with van der Waals surface area (Å²) < 4.78 is 32.3. The Hall–Kier alpha value is -2.24. The third kappa shape index (κ3) is 6.92. The fourth-order valence-electron chi connectivity index (χ4n) is 2.54. The third-order valence-corrected chi connectivity index (χ3v) is 6.89. The van der Waals surface area contributed by atoms with Crippen molar-refractivity contribution in [1.29, 1.82) is 0 Å². The number of benzene rings is 2. The Balaban J connectivity index is 1.88. The number of hydrogen-bond acceptors (Lipinski definition) is 5. The first kappa shape index (κ1) is 24.0. The Bertz CT molecular complexity index is 999. The van der Waals surface area contributed by atoms with Crippen LogP contribution in [0, 0.1) is 3.57 Å². The summed E-state index contributed by atoms with van der Waals surface area (Å²) in [4.78, 5) is 23.8. The van der Waals surface area contributed by atoms with Gasteiger partial charge in [0, 0.05) is 28.4 Å². The summed E-state index contributed by atoms with van der Waals surface area (Å²) >= 11 is 2.16. The molecule has 1 N–H and O–H groups in total. The lowest BCUT2D eigenvalue weighted by molar-refractivity contribution is -0.142. The molecule has 0 bridgehead atoms. The molecule has 9 heteroatoms. The smallest absolute Gasteiger partial charge is 0.331 e. The molecule has 0 spiro atoms. The maximum atomic E-state index is 12.5. The molecule has 2 aromatic carbocycles. The number of carbonyl (C=O) groups excluding carboxylic acids is 2. The molecule has 0 aliphatic carbocycles.